The van der Waals surface area contributed by atoms with Crippen LogP contribution in [0.3, 0.4) is 0 Å². The van der Waals surface area contributed by atoms with Gasteiger partial charge in [-0.1, -0.05) is 6.07 Å². The first-order chi connectivity index (χ1) is 12.1. The second-order valence-corrected chi connectivity index (χ2v) is 6.57. The minimum absolute atomic E-state index is 0.00971. The molecule has 3 heterocycles. The number of methoxy groups -OCH3 is 1. The van der Waals surface area contributed by atoms with Crippen molar-refractivity contribution < 1.29 is 9.53 Å². The highest BCUT2D eigenvalue weighted by Crippen LogP contribution is 2.39. The summed E-state index contributed by atoms with van der Waals surface area (Å²) in [6.45, 7) is 2.73. The Labute approximate surface area is 146 Å². The van der Waals surface area contributed by atoms with Gasteiger partial charge in [0, 0.05) is 30.9 Å². The van der Waals surface area contributed by atoms with Crippen LogP contribution in [0.15, 0.2) is 30.5 Å². The van der Waals surface area contributed by atoms with Crippen molar-refractivity contribution in [2.75, 3.05) is 13.7 Å². The Bertz CT molecular complexity index is 940. The molecule has 0 radical (unpaired) electrons. The lowest BCUT2D eigenvalue weighted by molar-refractivity contribution is 0.0734. The van der Waals surface area contributed by atoms with Gasteiger partial charge in [-0.3, -0.25) is 4.79 Å². The number of aromatic nitrogens is 3. The summed E-state index contributed by atoms with van der Waals surface area (Å²) in [6.07, 6.45) is 3.81. The predicted molar refractivity (Wildman–Crippen MR) is 95.8 cm³/mol. The van der Waals surface area contributed by atoms with Gasteiger partial charge in [0.15, 0.2) is 0 Å². The normalized spacial score (nSPS) is 17.4. The van der Waals surface area contributed by atoms with Crippen LogP contribution in [-0.4, -0.2) is 39.2 Å². The average molecular weight is 338 g/mol. The van der Waals surface area contributed by atoms with Gasteiger partial charge in [-0.25, -0.2) is 4.68 Å². The van der Waals surface area contributed by atoms with Crippen LogP contribution in [0, 0.1) is 6.92 Å². The van der Waals surface area contributed by atoms with Crippen molar-refractivity contribution in [3.05, 3.63) is 47.3 Å². The number of hydrogen-bond donors (Lipinski definition) is 1. The van der Waals surface area contributed by atoms with Gasteiger partial charge in [0.2, 0.25) is 5.88 Å². The maximum atomic E-state index is 13.2. The van der Waals surface area contributed by atoms with Gasteiger partial charge >= 0.3 is 0 Å². The van der Waals surface area contributed by atoms with Gasteiger partial charge in [-0.15, -0.1) is 0 Å². The van der Waals surface area contributed by atoms with E-state index in [9.17, 15) is 4.79 Å². The molecule has 6 nitrogen and oxygen atoms in total. The molecule has 0 unspecified atom stereocenters. The fraction of sp³-hybridized carbons (Fsp3) is 0.368. The highest BCUT2D eigenvalue weighted by molar-refractivity contribution is 5.98. The molecule has 3 aromatic rings. The number of carbonyl (C=O) groups excluding carboxylic acids is 1. The molecule has 6 heteroatoms. The molecule has 4 rings (SSSR count). The Morgan fingerprint density at radius 1 is 1.36 bits per heavy atom. The molecule has 25 heavy (non-hydrogen) atoms. The van der Waals surface area contributed by atoms with Crippen LogP contribution in [0.5, 0.6) is 5.88 Å². The molecule has 0 saturated carbocycles. The summed E-state index contributed by atoms with van der Waals surface area (Å²) in [7, 11) is 3.52. The van der Waals surface area contributed by atoms with Crippen LogP contribution < -0.4 is 4.74 Å². The SMILES string of the molecule is COc1c([C@@H]2CCCN2C(=O)c2ccc3cc[nH]c3c2)c(C)nn1C. The summed E-state index contributed by atoms with van der Waals surface area (Å²) >= 11 is 0. The number of aromatic amines is 1. The third-order valence-corrected chi connectivity index (χ3v) is 5.06. The smallest absolute Gasteiger partial charge is 0.254 e. The molecule has 130 valence electrons. The zero-order valence-electron chi connectivity index (χ0n) is 14.7. The van der Waals surface area contributed by atoms with Gasteiger partial charge < -0.3 is 14.6 Å². The molecule has 1 aromatic carbocycles. The van der Waals surface area contributed by atoms with Crippen molar-refractivity contribution in [1.82, 2.24) is 19.7 Å². The maximum Gasteiger partial charge on any atom is 0.254 e. The lowest BCUT2D eigenvalue weighted by atomic mass is 10.0. The first-order valence-corrected chi connectivity index (χ1v) is 8.55. The summed E-state index contributed by atoms with van der Waals surface area (Å²) in [4.78, 5) is 18.3. The molecule has 0 spiro atoms. The summed E-state index contributed by atoms with van der Waals surface area (Å²) < 4.78 is 7.29. The summed E-state index contributed by atoms with van der Waals surface area (Å²) in [6, 6.07) is 7.84. The third kappa shape index (κ3) is 2.49. The number of carbonyl (C=O) groups is 1. The van der Waals surface area contributed by atoms with Gasteiger partial charge in [-0.2, -0.15) is 5.10 Å². The van der Waals surface area contributed by atoms with E-state index in [1.165, 1.54) is 0 Å². The molecule has 1 fully saturated rings. The van der Waals surface area contributed by atoms with E-state index in [1.807, 2.05) is 49.3 Å². The van der Waals surface area contributed by atoms with Crippen LogP contribution in [0.25, 0.3) is 10.9 Å². The Morgan fingerprint density at radius 2 is 2.20 bits per heavy atom. The molecule has 1 aliphatic heterocycles. The number of benzene rings is 1. The van der Waals surface area contributed by atoms with E-state index >= 15 is 0 Å². The van der Waals surface area contributed by atoms with Crippen molar-refractivity contribution in [2.24, 2.45) is 7.05 Å². The number of hydrogen-bond acceptors (Lipinski definition) is 3. The molecule has 0 aliphatic carbocycles. The largest absolute Gasteiger partial charge is 0.481 e. The monoisotopic (exact) mass is 338 g/mol. The minimum Gasteiger partial charge on any atom is -0.481 e. The fourth-order valence-electron chi connectivity index (χ4n) is 3.94. The quantitative estimate of drug-likeness (QED) is 0.798. The molecular formula is C19H22N4O2. The second kappa shape index (κ2) is 5.95. The van der Waals surface area contributed by atoms with E-state index in [0.29, 0.717) is 5.56 Å². The number of fused-ring (bicyclic) bond motifs is 1. The Hall–Kier alpha value is -2.76. The predicted octanol–water partition coefficient (Wildman–Crippen LogP) is 3.20. The molecule has 1 N–H and O–H groups in total. The molecule has 0 bridgehead atoms. The number of ether oxygens (including phenoxy) is 1. The van der Waals surface area contributed by atoms with Crippen molar-refractivity contribution in [3.8, 4) is 5.88 Å². The van der Waals surface area contributed by atoms with Crippen LogP contribution in [0.4, 0.5) is 0 Å². The first-order valence-electron chi connectivity index (χ1n) is 8.55. The first kappa shape index (κ1) is 15.7. The second-order valence-electron chi connectivity index (χ2n) is 6.57. The molecule has 1 saturated heterocycles. The molecule has 1 aliphatic rings. The zero-order valence-corrected chi connectivity index (χ0v) is 14.7. The van der Waals surface area contributed by atoms with Crippen LogP contribution in [0.1, 0.15) is 40.5 Å². The van der Waals surface area contributed by atoms with Gasteiger partial charge in [0.05, 0.1) is 24.4 Å². The van der Waals surface area contributed by atoms with E-state index in [4.69, 9.17) is 4.74 Å². The van der Waals surface area contributed by atoms with E-state index in [0.717, 1.165) is 47.4 Å². The summed E-state index contributed by atoms with van der Waals surface area (Å²) in [5, 5.41) is 5.59. The molecule has 1 atom stereocenters. The van der Waals surface area contributed by atoms with E-state index in [-0.39, 0.29) is 11.9 Å². The Morgan fingerprint density at radius 3 is 3.00 bits per heavy atom. The van der Waals surface area contributed by atoms with Gasteiger partial charge in [-0.05, 0) is 43.4 Å². The number of H-pyrrole nitrogens is 1. The van der Waals surface area contributed by atoms with E-state index in [1.54, 1.807) is 11.8 Å². The van der Waals surface area contributed by atoms with Crippen LogP contribution >= 0.6 is 0 Å². The molecular weight excluding hydrogens is 316 g/mol. The topological polar surface area (TPSA) is 63.1 Å². The average Bonchev–Trinajstić information content (AvgIpc) is 3.31. The highest BCUT2D eigenvalue weighted by atomic mass is 16.5. The number of nitrogens with one attached hydrogen (secondary N) is 1. The van der Waals surface area contributed by atoms with E-state index in [2.05, 4.69) is 10.1 Å². The van der Waals surface area contributed by atoms with Crippen molar-refractivity contribution in [1.29, 1.82) is 0 Å². The Kier molecular flexibility index (Phi) is 3.75. The lowest BCUT2D eigenvalue weighted by Gasteiger charge is -2.25. The van der Waals surface area contributed by atoms with Crippen LogP contribution in [-0.2, 0) is 7.05 Å². The fourth-order valence-corrected chi connectivity index (χ4v) is 3.94. The standard InChI is InChI=1S/C19H22N4O2/c1-12-17(19(25-3)22(2)21-12)16-5-4-10-23(16)18(24)14-7-6-13-8-9-20-15(13)11-14/h6-9,11,16,20H,4-5,10H2,1-3H3/t16-/m0/s1. The maximum absolute atomic E-state index is 13.2. The number of nitrogens with zero attached hydrogens (tertiary/aromatic N) is 3. The summed E-state index contributed by atoms with van der Waals surface area (Å²) in [5.74, 6) is 0.798. The van der Waals surface area contributed by atoms with Gasteiger partial charge in [0.1, 0.15) is 0 Å². The zero-order chi connectivity index (χ0) is 17.6. The highest BCUT2D eigenvalue weighted by Gasteiger charge is 2.35. The number of amides is 1. The van der Waals surface area contributed by atoms with Crippen molar-refractivity contribution >= 4 is 16.8 Å². The Balaban J connectivity index is 1.70. The van der Waals surface area contributed by atoms with E-state index < -0.39 is 0 Å². The molecule has 1 amide bonds. The third-order valence-electron chi connectivity index (χ3n) is 5.06. The van der Waals surface area contributed by atoms with Crippen LogP contribution in [0.2, 0.25) is 0 Å². The molecule has 2 aromatic heterocycles. The number of likely N-dealkylation sites (tertiary alicyclic amines) is 1. The van der Waals surface area contributed by atoms with Gasteiger partial charge in [0.25, 0.3) is 5.91 Å². The van der Waals surface area contributed by atoms with Crippen molar-refractivity contribution in [3.63, 3.8) is 0 Å². The minimum atomic E-state index is 0.00971. The number of aryl methyl sites for hydroxylation is 2. The lowest BCUT2D eigenvalue weighted by Crippen LogP contribution is -2.31. The summed E-state index contributed by atoms with van der Waals surface area (Å²) in [5.41, 5.74) is 3.64. The van der Waals surface area contributed by atoms with Crippen molar-refractivity contribution in [2.45, 2.75) is 25.8 Å². The number of rotatable bonds is 3.